The van der Waals surface area contributed by atoms with E-state index in [1.807, 2.05) is 36.7 Å². The summed E-state index contributed by atoms with van der Waals surface area (Å²) in [6.45, 7) is 9.07. The molecule has 1 aromatic rings. The summed E-state index contributed by atoms with van der Waals surface area (Å²) in [7, 11) is 0. The summed E-state index contributed by atoms with van der Waals surface area (Å²) in [6, 6.07) is 9.87. The summed E-state index contributed by atoms with van der Waals surface area (Å²) in [6.07, 6.45) is 3.97. The molecule has 1 aromatic carbocycles. The van der Waals surface area contributed by atoms with Crippen LogP contribution in [0.2, 0.25) is 0 Å². The van der Waals surface area contributed by atoms with Gasteiger partial charge in [-0.25, -0.2) is 0 Å². The fourth-order valence-corrected chi connectivity index (χ4v) is 1.50. The summed E-state index contributed by atoms with van der Waals surface area (Å²) < 4.78 is 0. The molecule has 2 rings (SSSR count). The number of piperidine rings is 1. The van der Waals surface area contributed by atoms with Crippen LogP contribution in [0, 0.1) is 38.0 Å². The van der Waals surface area contributed by atoms with E-state index in [1.54, 1.807) is 4.90 Å². The fourth-order valence-electron chi connectivity index (χ4n) is 1.50. The molecule has 3 heteroatoms. The maximum absolute atomic E-state index is 10.1. The zero-order chi connectivity index (χ0) is 11.8. The Kier molecular flexibility index (Phi) is 9.03. The van der Waals surface area contributed by atoms with Crippen LogP contribution in [-0.2, 0) is 4.79 Å². The van der Waals surface area contributed by atoms with Gasteiger partial charge in [-0.15, -0.1) is 12.1 Å². The fraction of sp³-hybridized carbons (Fsp3) is 0.286. The van der Waals surface area contributed by atoms with Crippen LogP contribution in [0.15, 0.2) is 42.5 Å². The molecule has 0 unspecified atom stereocenters. The van der Waals surface area contributed by atoms with Crippen molar-refractivity contribution in [3.63, 3.8) is 0 Å². The van der Waals surface area contributed by atoms with Crippen LogP contribution in [0.4, 0.5) is 0 Å². The van der Waals surface area contributed by atoms with Gasteiger partial charge in [-0.2, -0.15) is 31.0 Å². The standard InChI is InChI=1S/C7H10NO.C7H7.U/c1-7-3-2-4-8(5-7)6-9;1-7-5-3-2-4-6-7;/h1-5H2;2-6H,1H2;/q2*-1;+2. The van der Waals surface area contributed by atoms with Crippen LogP contribution < -0.4 is 0 Å². The van der Waals surface area contributed by atoms with Gasteiger partial charge in [-0.1, -0.05) is 18.2 Å². The van der Waals surface area contributed by atoms with Gasteiger partial charge in [-0.05, 0) is 19.4 Å². The van der Waals surface area contributed by atoms with Crippen molar-refractivity contribution in [1.82, 2.24) is 4.90 Å². The summed E-state index contributed by atoms with van der Waals surface area (Å²) >= 11 is 0. The van der Waals surface area contributed by atoms with Crippen LogP contribution in [0.5, 0.6) is 0 Å². The summed E-state index contributed by atoms with van der Waals surface area (Å²) in [4.78, 5) is 11.7. The molecule has 0 N–H and O–H groups in total. The van der Waals surface area contributed by atoms with Gasteiger partial charge in [0.2, 0.25) is 0 Å². The molecule has 1 aliphatic rings. The summed E-state index contributed by atoms with van der Waals surface area (Å²) in [5.74, 6) is 0. The molecule has 1 saturated heterocycles. The van der Waals surface area contributed by atoms with Gasteiger partial charge in [0.05, 0.1) is 0 Å². The molecule has 0 aromatic heterocycles. The van der Waals surface area contributed by atoms with Gasteiger partial charge in [0.25, 0.3) is 0 Å². The summed E-state index contributed by atoms with van der Waals surface area (Å²) in [5.41, 5.74) is 2.21. The van der Waals surface area contributed by atoms with Crippen molar-refractivity contribution in [3.8, 4) is 0 Å². The minimum absolute atomic E-state index is 0. The molecule has 88 valence electrons. The normalized spacial score (nSPS) is 14.1. The quantitative estimate of drug-likeness (QED) is 0.473. The Hall–Kier alpha value is -0.648. The first kappa shape index (κ1) is 16.4. The number of nitrogens with zero attached hydrogens (tertiary/aromatic N) is 1. The van der Waals surface area contributed by atoms with Gasteiger partial charge in [-0.3, -0.25) is 0 Å². The number of rotatable bonds is 1. The van der Waals surface area contributed by atoms with Crippen molar-refractivity contribution >= 4 is 6.41 Å². The third-order valence-corrected chi connectivity index (χ3v) is 2.34. The average Bonchev–Trinajstić information content (AvgIpc) is 2.31. The molecule has 0 spiro atoms. The van der Waals surface area contributed by atoms with E-state index in [2.05, 4.69) is 13.5 Å². The van der Waals surface area contributed by atoms with E-state index in [4.69, 9.17) is 0 Å². The Bertz CT molecular complexity index is 337. The zero-order valence-corrected chi connectivity index (χ0v) is 14.1. The second kappa shape index (κ2) is 9.39. The second-order valence-electron chi connectivity index (χ2n) is 3.85. The number of hydrogen-bond donors (Lipinski definition) is 0. The Balaban J connectivity index is 0.000000292. The molecule has 2 nitrogen and oxygen atoms in total. The van der Waals surface area contributed by atoms with Crippen LogP contribution in [0.1, 0.15) is 18.4 Å². The summed E-state index contributed by atoms with van der Waals surface area (Å²) in [5, 5.41) is 0. The number of carbonyl (C=O) groups excluding carboxylic acids is 1. The molecule has 0 bridgehead atoms. The maximum Gasteiger partial charge on any atom is 2.00 e. The topological polar surface area (TPSA) is 20.3 Å². The van der Waals surface area contributed by atoms with Crippen molar-refractivity contribution in [2.75, 3.05) is 13.1 Å². The van der Waals surface area contributed by atoms with E-state index >= 15 is 0 Å². The smallest absolute Gasteiger partial charge is 0.520 e. The molecule has 0 atom stereocenters. The Labute approximate surface area is 127 Å². The SMILES string of the molecule is C=C1CCCN([C-]=O)C1.[CH2-]c1ccccc1.[U+2]. The zero-order valence-electron chi connectivity index (χ0n) is 9.98. The van der Waals surface area contributed by atoms with E-state index < -0.39 is 0 Å². The number of hydrogen-bond acceptors (Lipinski definition) is 1. The molecule has 0 saturated carbocycles. The van der Waals surface area contributed by atoms with Crippen molar-refractivity contribution < 1.29 is 35.9 Å². The van der Waals surface area contributed by atoms with Gasteiger partial charge in [0.1, 0.15) is 0 Å². The molecule has 17 heavy (non-hydrogen) atoms. The van der Waals surface area contributed by atoms with Crippen LogP contribution in [0.25, 0.3) is 0 Å². The van der Waals surface area contributed by atoms with E-state index in [0.29, 0.717) is 6.54 Å². The van der Waals surface area contributed by atoms with E-state index in [1.165, 1.54) is 0 Å². The molecule has 1 amide bonds. The molecule has 0 radical (unpaired) electrons. The first-order chi connectivity index (χ1) is 7.72. The predicted molar refractivity (Wildman–Crippen MR) is 66.5 cm³/mol. The van der Waals surface area contributed by atoms with Gasteiger partial charge < -0.3 is 9.69 Å². The minimum Gasteiger partial charge on any atom is -0.520 e. The van der Waals surface area contributed by atoms with Crippen molar-refractivity contribution in [1.29, 1.82) is 0 Å². The molecule has 1 fully saturated rings. The Morgan fingerprint density at radius 3 is 2.29 bits per heavy atom. The van der Waals surface area contributed by atoms with Crippen LogP contribution >= 0.6 is 0 Å². The number of amides is 1. The average molecular weight is 453 g/mol. The monoisotopic (exact) mass is 453 g/mol. The molecule has 0 aliphatic carbocycles. The van der Waals surface area contributed by atoms with E-state index in [0.717, 1.165) is 30.5 Å². The number of likely N-dealkylation sites (tertiary alicyclic amines) is 1. The maximum atomic E-state index is 10.1. The van der Waals surface area contributed by atoms with Crippen molar-refractivity contribution in [2.24, 2.45) is 0 Å². The minimum atomic E-state index is 0. The largest absolute Gasteiger partial charge is 2.00 e. The van der Waals surface area contributed by atoms with Gasteiger partial charge in [0, 0.05) is 6.54 Å². The third kappa shape index (κ3) is 7.31. The first-order valence-electron chi connectivity index (χ1n) is 5.39. The predicted octanol–water partition coefficient (Wildman–Crippen LogP) is 2.57. The molecule has 1 aliphatic heterocycles. The Morgan fingerprint density at radius 2 is 1.94 bits per heavy atom. The van der Waals surface area contributed by atoms with Crippen LogP contribution in [0.3, 0.4) is 0 Å². The van der Waals surface area contributed by atoms with Gasteiger partial charge in [0.15, 0.2) is 0 Å². The molecular formula is C14H17NOU. The first-order valence-corrected chi connectivity index (χ1v) is 5.39. The van der Waals surface area contributed by atoms with E-state index in [9.17, 15) is 4.79 Å². The van der Waals surface area contributed by atoms with Crippen LogP contribution in [-0.4, -0.2) is 24.4 Å². The molecule has 1 heterocycles. The van der Waals surface area contributed by atoms with Gasteiger partial charge >= 0.3 is 31.1 Å². The van der Waals surface area contributed by atoms with Crippen molar-refractivity contribution in [3.05, 3.63) is 55.0 Å². The third-order valence-electron chi connectivity index (χ3n) is 2.34. The second-order valence-corrected chi connectivity index (χ2v) is 3.85. The number of benzene rings is 1. The molecular weight excluding hydrogens is 436 g/mol. The van der Waals surface area contributed by atoms with Crippen molar-refractivity contribution in [2.45, 2.75) is 12.8 Å². The van der Waals surface area contributed by atoms with E-state index in [-0.39, 0.29) is 31.1 Å². The Morgan fingerprint density at radius 1 is 1.29 bits per heavy atom.